The molecule has 31 heavy (non-hydrogen) atoms. The first-order valence-corrected chi connectivity index (χ1v) is 9.72. The Kier molecular flexibility index (Phi) is 9.57. The lowest BCUT2D eigenvalue weighted by molar-refractivity contribution is 0.409. The Morgan fingerprint density at radius 3 is 2.32 bits per heavy atom. The molecule has 0 fully saturated rings. The Hall–Kier alpha value is -2.82. The molecule has 3 aromatic rings. The number of para-hydroxylation sites is 1. The van der Waals surface area contributed by atoms with E-state index in [-0.39, 0.29) is 24.0 Å². The molecule has 1 aromatic heterocycles. The van der Waals surface area contributed by atoms with Crippen molar-refractivity contribution in [3.63, 3.8) is 0 Å². The van der Waals surface area contributed by atoms with Gasteiger partial charge in [0.2, 0.25) is 0 Å². The van der Waals surface area contributed by atoms with Gasteiger partial charge in [0.15, 0.2) is 11.8 Å². The predicted octanol–water partition coefficient (Wildman–Crippen LogP) is 3.19. The van der Waals surface area contributed by atoms with Gasteiger partial charge >= 0.3 is 0 Å². The number of ether oxygens (including phenoxy) is 2. The first kappa shape index (κ1) is 24.4. The number of benzene rings is 2. The number of aromatic nitrogens is 3. The highest BCUT2D eigenvalue weighted by molar-refractivity contribution is 14.0. The fraction of sp³-hybridized carbons (Fsp3) is 0.318. The van der Waals surface area contributed by atoms with E-state index in [9.17, 15) is 0 Å². The topological polar surface area (TPSA) is 85.6 Å². The summed E-state index contributed by atoms with van der Waals surface area (Å²) in [6.45, 7) is 3.55. The zero-order valence-corrected chi connectivity index (χ0v) is 20.6. The van der Waals surface area contributed by atoms with Crippen LogP contribution in [0.4, 0.5) is 0 Å². The molecule has 0 bridgehead atoms. The number of nitrogens with zero attached hydrogens (tertiary/aromatic N) is 4. The fourth-order valence-corrected chi connectivity index (χ4v) is 2.87. The van der Waals surface area contributed by atoms with E-state index in [4.69, 9.17) is 14.5 Å². The molecule has 2 N–H and O–H groups in total. The molecule has 0 aliphatic rings. The SMILES string of the molecule is COc1ccc(CN=C(NCc2ccccc2OC)NCc2nnc(C)n2C)cc1.I. The van der Waals surface area contributed by atoms with Crippen LogP contribution in [0.15, 0.2) is 53.5 Å². The number of rotatable bonds is 8. The molecule has 0 unspecified atom stereocenters. The van der Waals surface area contributed by atoms with Crippen LogP contribution in [0.1, 0.15) is 22.8 Å². The molecule has 0 amide bonds. The van der Waals surface area contributed by atoms with Crippen LogP contribution in [-0.4, -0.2) is 34.9 Å². The molecule has 8 nitrogen and oxygen atoms in total. The van der Waals surface area contributed by atoms with Crippen molar-refractivity contribution < 1.29 is 9.47 Å². The summed E-state index contributed by atoms with van der Waals surface area (Å²) in [6.07, 6.45) is 0. The quantitative estimate of drug-likeness (QED) is 0.262. The number of aliphatic imine (C=N–C) groups is 1. The third-order valence-corrected chi connectivity index (χ3v) is 4.81. The maximum absolute atomic E-state index is 5.44. The Labute approximate surface area is 200 Å². The smallest absolute Gasteiger partial charge is 0.192 e. The Bertz CT molecular complexity index is 988. The highest BCUT2D eigenvalue weighted by Crippen LogP contribution is 2.16. The molecule has 166 valence electrons. The summed E-state index contributed by atoms with van der Waals surface area (Å²) in [5, 5.41) is 15.0. The molecule has 0 aliphatic heterocycles. The van der Waals surface area contributed by atoms with Gasteiger partial charge in [-0.05, 0) is 30.7 Å². The highest BCUT2D eigenvalue weighted by Gasteiger charge is 2.08. The van der Waals surface area contributed by atoms with Crippen molar-refractivity contribution >= 4 is 29.9 Å². The van der Waals surface area contributed by atoms with Crippen LogP contribution < -0.4 is 20.1 Å². The lowest BCUT2D eigenvalue weighted by atomic mass is 10.2. The zero-order chi connectivity index (χ0) is 21.3. The van der Waals surface area contributed by atoms with Crippen molar-refractivity contribution in [3.8, 4) is 11.5 Å². The molecular weight excluding hydrogens is 507 g/mol. The van der Waals surface area contributed by atoms with Gasteiger partial charge < -0.3 is 24.7 Å². The Balaban J connectivity index is 0.00000341. The van der Waals surface area contributed by atoms with Gasteiger partial charge in [-0.1, -0.05) is 30.3 Å². The molecule has 0 saturated carbocycles. The van der Waals surface area contributed by atoms with E-state index >= 15 is 0 Å². The minimum atomic E-state index is 0. The molecule has 0 atom stereocenters. The Morgan fingerprint density at radius 2 is 1.68 bits per heavy atom. The van der Waals surface area contributed by atoms with Crippen LogP contribution in [-0.2, 0) is 26.7 Å². The summed E-state index contributed by atoms with van der Waals surface area (Å²) >= 11 is 0. The number of hydrogen-bond acceptors (Lipinski definition) is 5. The molecule has 1 heterocycles. The Morgan fingerprint density at radius 1 is 0.968 bits per heavy atom. The summed E-state index contributed by atoms with van der Waals surface area (Å²) in [6, 6.07) is 15.8. The van der Waals surface area contributed by atoms with E-state index in [1.807, 2.05) is 67.1 Å². The highest BCUT2D eigenvalue weighted by atomic mass is 127. The van der Waals surface area contributed by atoms with Crippen molar-refractivity contribution in [2.24, 2.45) is 12.0 Å². The first-order valence-electron chi connectivity index (χ1n) is 9.72. The summed E-state index contributed by atoms with van der Waals surface area (Å²) in [4.78, 5) is 4.73. The minimum absolute atomic E-state index is 0. The predicted molar refractivity (Wildman–Crippen MR) is 132 cm³/mol. The van der Waals surface area contributed by atoms with E-state index in [2.05, 4.69) is 20.8 Å². The van der Waals surface area contributed by atoms with Crippen LogP contribution in [0.2, 0.25) is 0 Å². The monoisotopic (exact) mass is 536 g/mol. The number of hydrogen-bond donors (Lipinski definition) is 2. The summed E-state index contributed by atoms with van der Waals surface area (Å²) < 4.78 is 12.6. The average molecular weight is 536 g/mol. The van der Waals surface area contributed by atoms with Crippen LogP contribution >= 0.6 is 24.0 Å². The number of halogens is 1. The lowest BCUT2D eigenvalue weighted by Crippen LogP contribution is -2.37. The van der Waals surface area contributed by atoms with Gasteiger partial charge in [-0.15, -0.1) is 34.2 Å². The largest absolute Gasteiger partial charge is 0.497 e. The number of methoxy groups -OCH3 is 2. The van der Waals surface area contributed by atoms with Crippen LogP contribution in [0, 0.1) is 6.92 Å². The summed E-state index contributed by atoms with van der Waals surface area (Å²) in [7, 11) is 5.28. The number of nitrogens with one attached hydrogen (secondary N) is 2. The van der Waals surface area contributed by atoms with E-state index in [1.165, 1.54) is 0 Å². The van der Waals surface area contributed by atoms with Gasteiger partial charge in [-0.25, -0.2) is 4.99 Å². The van der Waals surface area contributed by atoms with Gasteiger partial charge in [-0.2, -0.15) is 0 Å². The van der Waals surface area contributed by atoms with Crippen LogP contribution in [0.25, 0.3) is 0 Å². The number of aryl methyl sites for hydroxylation is 1. The first-order chi connectivity index (χ1) is 14.6. The molecular formula is C22H29IN6O2. The molecule has 9 heteroatoms. The van der Waals surface area contributed by atoms with Crippen LogP contribution in [0.5, 0.6) is 11.5 Å². The standard InChI is InChI=1S/C22H28N6O2.HI/c1-16-26-27-21(28(16)2)15-25-22(23-13-17-9-11-19(29-3)12-10-17)24-14-18-7-5-6-8-20(18)30-4;/h5-12H,13-15H2,1-4H3,(H2,23,24,25);1H. The fourth-order valence-electron chi connectivity index (χ4n) is 2.87. The molecule has 2 aromatic carbocycles. The third kappa shape index (κ3) is 6.84. The molecule has 0 saturated heterocycles. The zero-order valence-electron chi connectivity index (χ0n) is 18.3. The van der Waals surface area contributed by atoms with Crippen molar-refractivity contribution in [1.29, 1.82) is 0 Å². The second-order valence-corrected chi connectivity index (χ2v) is 6.75. The minimum Gasteiger partial charge on any atom is -0.497 e. The van der Waals surface area contributed by atoms with E-state index in [0.29, 0.717) is 25.6 Å². The van der Waals surface area contributed by atoms with Crippen molar-refractivity contribution in [3.05, 3.63) is 71.3 Å². The van der Waals surface area contributed by atoms with E-state index in [0.717, 1.165) is 34.3 Å². The van der Waals surface area contributed by atoms with Gasteiger partial charge in [0.25, 0.3) is 0 Å². The summed E-state index contributed by atoms with van der Waals surface area (Å²) in [5.41, 5.74) is 2.14. The van der Waals surface area contributed by atoms with E-state index in [1.54, 1.807) is 14.2 Å². The summed E-state index contributed by atoms with van der Waals surface area (Å²) in [5.74, 6) is 4.04. The molecule has 0 spiro atoms. The van der Waals surface area contributed by atoms with E-state index < -0.39 is 0 Å². The normalized spacial score (nSPS) is 10.9. The number of guanidine groups is 1. The molecule has 0 radical (unpaired) electrons. The van der Waals surface area contributed by atoms with Gasteiger partial charge in [0, 0.05) is 19.2 Å². The second kappa shape index (κ2) is 12.1. The van der Waals surface area contributed by atoms with Crippen LogP contribution in [0.3, 0.4) is 0 Å². The lowest BCUT2D eigenvalue weighted by Gasteiger charge is -2.14. The average Bonchev–Trinajstić information content (AvgIpc) is 3.11. The van der Waals surface area contributed by atoms with Gasteiger partial charge in [0.1, 0.15) is 17.3 Å². The van der Waals surface area contributed by atoms with Crippen molar-refractivity contribution in [1.82, 2.24) is 25.4 Å². The maximum Gasteiger partial charge on any atom is 0.192 e. The molecule has 0 aliphatic carbocycles. The third-order valence-electron chi connectivity index (χ3n) is 4.81. The van der Waals surface area contributed by atoms with Gasteiger partial charge in [0.05, 0.1) is 27.3 Å². The van der Waals surface area contributed by atoms with Crippen molar-refractivity contribution in [2.45, 2.75) is 26.6 Å². The maximum atomic E-state index is 5.44. The second-order valence-electron chi connectivity index (χ2n) is 6.75. The molecule has 3 rings (SSSR count). The van der Waals surface area contributed by atoms with Gasteiger partial charge in [-0.3, -0.25) is 0 Å². The van der Waals surface area contributed by atoms with Crippen molar-refractivity contribution in [2.75, 3.05) is 14.2 Å².